The van der Waals surface area contributed by atoms with Gasteiger partial charge in [-0.3, -0.25) is 10.1 Å². The average Bonchev–Trinajstić information content (AvgIpc) is 3.25. The van der Waals surface area contributed by atoms with E-state index in [-0.39, 0.29) is 5.91 Å². The van der Waals surface area contributed by atoms with Crippen LogP contribution in [0.25, 0.3) is 0 Å². The summed E-state index contributed by atoms with van der Waals surface area (Å²) in [6.45, 7) is 0. The van der Waals surface area contributed by atoms with Crippen LogP contribution >= 0.6 is 11.8 Å². The van der Waals surface area contributed by atoms with Gasteiger partial charge in [-0.2, -0.15) is 0 Å². The van der Waals surface area contributed by atoms with E-state index < -0.39 is 5.54 Å². The summed E-state index contributed by atoms with van der Waals surface area (Å²) in [6.07, 6.45) is 6.14. The number of nitrogens with zero attached hydrogens (tertiary/aromatic N) is 3. The monoisotopic (exact) mass is 281 g/mol. The van der Waals surface area contributed by atoms with Gasteiger partial charge in [-0.25, -0.2) is 0 Å². The van der Waals surface area contributed by atoms with Crippen LogP contribution in [0.15, 0.2) is 11.5 Å². The first-order chi connectivity index (χ1) is 9.12. The lowest BCUT2D eigenvalue weighted by atomic mass is 9.94. The van der Waals surface area contributed by atoms with Gasteiger partial charge in [0.05, 0.1) is 0 Å². The number of aromatic nitrogens is 3. The maximum atomic E-state index is 12.0. The number of carbonyl (C=O) groups is 1. The summed E-state index contributed by atoms with van der Waals surface area (Å²) in [6, 6.07) is 0.466. The molecule has 0 spiro atoms. The van der Waals surface area contributed by atoms with Crippen LogP contribution in [0, 0.1) is 5.92 Å². The Morgan fingerprint density at radius 1 is 1.58 bits per heavy atom. The Hall–Kier alpha value is -1.08. The van der Waals surface area contributed by atoms with Crippen molar-refractivity contribution in [3.63, 3.8) is 0 Å². The minimum absolute atomic E-state index is 0.225. The van der Waals surface area contributed by atoms with Crippen molar-refractivity contribution in [2.45, 2.75) is 42.4 Å². The van der Waals surface area contributed by atoms with Crippen molar-refractivity contribution in [3.8, 4) is 0 Å². The van der Waals surface area contributed by atoms with Crippen molar-refractivity contribution in [1.82, 2.24) is 20.1 Å². The zero-order valence-corrected chi connectivity index (χ0v) is 11.8. The molecule has 2 aliphatic rings. The molecule has 0 aliphatic heterocycles. The summed E-state index contributed by atoms with van der Waals surface area (Å²) < 4.78 is 1.86. The van der Waals surface area contributed by atoms with Gasteiger partial charge >= 0.3 is 0 Å². The smallest absolute Gasteiger partial charge is 0.238 e. The van der Waals surface area contributed by atoms with Crippen molar-refractivity contribution in [1.29, 1.82) is 0 Å². The molecular weight excluding hydrogens is 262 g/mol. The van der Waals surface area contributed by atoms with E-state index >= 15 is 0 Å². The Labute approximate surface area is 116 Å². The molecule has 1 heterocycles. The molecule has 104 valence electrons. The fourth-order valence-electron chi connectivity index (χ4n) is 2.37. The third-order valence-electron chi connectivity index (χ3n) is 3.85. The molecule has 0 aromatic carbocycles. The summed E-state index contributed by atoms with van der Waals surface area (Å²) in [5, 5.41) is 12.2. The molecule has 1 unspecified atom stereocenters. The first-order valence-corrected chi connectivity index (χ1v) is 7.65. The Bertz CT molecular complexity index is 482. The second kappa shape index (κ2) is 4.79. The Balaban J connectivity index is 1.74. The molecule has 1 atom stereocenters. The fraction of sp³-hybridized carbons (Fsp3) is 0.750. The average molecular weight is 281 g/mol. The van der Waals surface area contributed by atoms with Crippen LogP contribution < -0.4 is 11.1 Å². The van der Waals surface area contributed by atoms with Gasteiger partial charge in [0.15, 0.2) is 5.16 Å². The van der Waals surface area contributed by atoms with E-state index in [1.54, 1.807) is 18.1 Å². The topological polar surface area (TPSA) is 85.8 Å². The molecule has 1 aromatic heterocycles. The van der Waals surface area contributed by atoms with E-state index in [1.165, 1.54) is 0 Å². The lowest BCUT2D eigenvalue weighted by molar-refractivity contribution is -0.124. The van der Waals surface area contributed by atoms with E-state index in [1.807, 2.05) is 11.6 Å². The second-order valence-corrected chi connectivity index (χ2v) is 6.48. The minimum atomic E-state index is -0.572. The number of hydrogen-bond acceptors (Lipinski definition) is 5. The predicted octanol–water partition coefficient (Wildman–Crippen LogP) is 0.293. The van der Waals surface area contributed by atoms with E-state index in [4.69, 9.17) is 5.73 Å². The number of carbonyl (C=O) groups excluding carboxylic acids is 1. The van der Waals surface area contributed by atoms with Crippen LogP contribution in [0.1, 0.15) is 25.7 Å². The van der Waals surface area contributed by atoms with Gasteiger partial charge in [0.1, 0.15) is 11.9 Å². The first-order valence-electron chi connectivity index (χ1n) is 6.66. The SMILES string of the molecule is Cn1cnnc1SCC(NC1CC1)(C(N)=O)C1CC1. The van der Waals surface area contributed by atoms with Crippen molar-refractivity contribution in [3.05, 3.63) is 6.33 Å². The number of nitrogens with two attached hydrogens (primary N) is 1. The van der Waals surface area contributed by atoms with Gasteiger partial charge in [-0.05, 0) is 31.6 Å². The van der Waals surface area contributed by atoms with Crippen LogP contribution in [0.2, 0.25) is 0 Å². The molecule has 3 N–H and O–H groups in total. The summed E-state index contributed by atoms with van der Waals surface area (Å²) in [5.41, 5.74) is 5.14. The molecule has 3 rings (SSSR count). The Morgan fingerprint density at radius 2 is 2.32 bits per heavy atom. The van der Waals surface area contributed by atoms with Crippen LogP contribution in [0.3, 0.4) is 0 Å². The summed E-state index contributed by atoms with van der Waals surface area (Å²) in [7, 11) is 1.90. The standard InChI is InChI=1S/C12H19N5OS/c1-17-7-14-16-11(17)19-6-12(10(13)18,8-2-3-8)15-9-4-5-9/h7-9,15H,2-6H2,1H3,(H2,13,18). The fourth-order valence-corrected chi connectivity index (χ4v) is 3.54. The molecule has 0 saturated heterocycles. The largest absolute Gasteiger partial charge is 0.368 e. The van der Waals surface area contributed by atoms with Gasteiger partial charge in [-0.1, -0.05) is 11.8 Å². The Kier molecular flexibility index (Phi) is 3.26. The highest BCUT2D eigenvalue weighted by Gasteiger charge is 2.52. The molecule has 6 nitrogen and oxygen atoms in total. The van der Waals surface area contributed by atoms with Crippen LogP contribution in [-0.4, -0.2) is 38.0 Å². The van der Waals surface area contributed by atoms with Gasteiger partial charge in [0, 0.05) is 18.8 Å². The second-order valence-electron chi connectivity index (χ2n) is 5.54. The third kappa shape index (κ3) is 2.62. The summed E-state index contributed by atoms with van der Waals surface area (Å²) in [5.74, 6) is 0.790. The van der Waals surface area contributed by atoms with Crippen molar-refractivity contribution in [2.75, 3.05) is 5.75 Å². The highest BCUT2D eigenvalue weighted by molar-refractivity contribution is 7.99. The molecular formula is C12H19N5OS. The number of thioether (sulfide) groups is 1. The molecule has 2 saturated carbocycles. The predicted molar refractivity (Wildman–Crippen MR) is 72.5 cm³/mol. The highest BCUT2D eigenvalue weighted by Crippen LogP contribution is 2.43. The third-order valence-corrected chi connectivity index (χ3v) is 5.08. The normalized spacial score (nSPS) is 22.2. The van der Waals surface area contributed by atoms with E-state index in [0.29, 0.717) is 17.7 Å². The van der Waals surface area contributed by atoms with Crippen molar-refractivity contribution < 1.29 is 4.79 Å². The van der Waals surface area contributed by atoms with Gasteiger partial charge in [0.25, 0.3) is 0 Å². The number of primary amides is 1. The molecule has 7 heteroatoms. The first kappa shape index (κ1) is 12.9. The molecule has 1 amide bonds. The number of aryl methyl sites for hydroxylation is 1. The van der Waals surface area contributed by atoms with E-state index in [0.717, 1.165) is 30.8 Å². The maximum absolute atomic E-state index is 12.0. The van der Waals surface area contributed by atoms with Crippen molar-refractivity contribution >= 4 is 17.7 Å². The van der Waals surface area contributed by atoms with E-state index in [9.17, 15) is 4.79 Å². The summed E-state index contributed by atoms with van der Waals surface area (Å²) >= 11 is 1.55. The summed E-state index contributed by atoms with van der Waals surface area (Å²) in [4.78, 5) is 12.0. The molecule has 19 heavy (non-hydrogen) atoms. The van der Waals surface area contributed by atoms with Gasteiger partial charge < -0.3 is 10.3 Å². The van der Waals surface area contributed by atoms with Gasteiger partial charge in [0.2, 0.25) is 5.91 Å². The molecule has 0 bridgehead atoms. The molecule has 2 aliphatic carbocycles. The highest BCUT2D eigenvalue weighted by atomic mass is 32.2. The number of rotatable bonds is 7. The molecule has 0 radical (unpaired) electrons. The maximum Gasteiger partial charge on any atom is 0.238 e. The van der Waals surface area contributed by atoms with Crippen molar-refractivity contribution in [2.24, 2.45) is 18.7 Å². The Morgan fingerprint density at radius 3 is 2.79 bits per heavy atom. The number of hydrogen-bond donors (Lipinski definition) is 2. The van der Waals surface area contributed by atoms with Crippen LogP contribution in [-0.2, 0) is 11.8 Å². The van der Waals surface area contributed by atoms with E-state index in [2.05, 4.69) is 15.5 Å². The zero-order chi connectivity index (χ0) is 13.5. The van der Waals surface area contributed by atoms with Crippen LogP contribution in [0.5, 0.6) is 0 Å². The molecule has 1 aromatic rings. The number of amides is 1. The lowest BCUT2D eigenvalue weighted by Crippen LogP contribution is -2.60. The lowest BCUT2D eigenvalue weighted by Gasteiger charge is -2.31. The van der Waals surface area contributed by atoms with Crippen LogP contribution in [0.4, 0.5) is 0 Å². The quantitative estimate of drug-likeness (QED) is 0.702. The molecule has 2 fully saturated rings. The number of nitrogens with one attached hydrogen (secondary N) is 1. The zero-order valence-electron chi connectivity index (χ0n) is 11.0. The van der Waals surface area contributed by atoms with Gasteiger partial charge in [-0.15, -0.1) is 10.2 Å². The minimum Gasteiger partial charge on any atom is -0.368 e.